The molecule has 0 saturated heterocycles. The van der Waals surface area contributed by atoms with Gasteiger partial charge in [0.25, 0.3) is 0 Å². The van der Waals surface area contributed by atoms with Crippen LogP contribution in [0.1, 0.15) is 11.1 Å². The van der Waals surface area contributed by atoms with E-state index in [-0.39, 0.29) is 0 Å². The molecule has 1 aromatic rings. The van der Waals surface area contributed by atoms with Gasteiger partial charge in [0.05, 0.1) is 12.8 Å². The van der Waals surface area contributed by atoms with E-state index in [1.165, 1.54) is 11.1 Å². The lowest BCUT2D eigenvalue weighted by Crippen LogP contribution is -2.06. The summed E-state index contributed by atoms with van der Waals surface area (Å²) in [7, 11) is 3.72. The van der Waals surface area contributed by atoms with Crippen molar-refractivity contribution in [3.8, 4) is 5.75 Å². The minimum atomic E-state index is 0.881. The Kier molecular flexibility index (Phi) is 2.06. The Bertz CT molecular complexity index is 416. The Labute approximate surface area is 84.1 Å². The molecule has 0 spiro atoms. The van der Waals surface area contributed by atoms with Crippen molar-refractivity contribution in [2.45, 2.75) is 6.54 Å². The van der Waals surface area contributed by atoms with Gasteiger partial charge in [0, 0.05) is 19.2 Å². The summed E-state index contributed by atoms with van der Waals surface area (Å²) < 4.78 is 5.19. The molecule has 14 heavy (non-hydrogen) atoms. The van der Waals surface area contributed by atoms with Crippen LogP contribution in [0.4, 0.5) is 0 Å². The maximum absolute atomic E-state index is 5.19. The average molecular weight is 187 g/mol. The molecular formula is C12H13NO. The summed E-state index contributed by atoms with van der Waals surface area (Å²) in [5, 5.41) is 0. The van der Waals surface area contributed by atoms with Gasteiger partial charge in [0.15, 0.2) is 0 Å². The van der Waals surface area contributed by atoms with Gasteiger partial charge >= 0.3 is 0 Å². The molecule has 0 radical (unpaired) electrons. The van der Waals surface area contributed by atoms with Crippen LogP contribution in [0.15, 0.2) is 30.5 Å². The largest absolute Gasteiger partial charge is 0.497 e. The number of rotatable bonds is 1. The SMILES string of the molecule is C=C=C1c2cc(OC)ccc2CN1C. The van der Waals surface area contributed by atoms with E-state index in [9.17, 15) is 0 Å². The van der Waals surface area contributed by atoms with Crippen molar-refractivity contribution < 1.29 is 4.74 Å². The summed E-state index contributed by atoms with van der Waals surface area (Å²) >= 11 is 0. The number of methoxy groups -OCH3 is 1. The molecule has 0 aromatic heterocycles. The first-order valence-corrected chi connectivity index (χ1v) is 4.54. The third kappa shape index (κ3) is 1.21. The molecule has 0 fully saturated rings. The van der Waals surface area contributed by atoms with Crippen molar-refractivity contribution in [2.24, 2.45) is 0 Å². The fourth-order valence-electron chi connectivity index (χ4n) is 1.81. The van der Waals surface area contributed by atoms with Crippen molar-refractivity contribution in [3.63, 3.8) is 0 Å². The van der Waals surface area contributed by atoms with Gasteiger partial charge in [-0.25, -0.2) is 0 Å². The highest BCUT2D eigenvalue weighted by atomic mass is 16.5. The highest BCUT2D eigenvalue weighted by Crippen LogP contribution is 2.32. The molecule has 0 atom stereocenters. The lowest BCUT2D eigenvalue weighted by Gasteiger charge is -2.09. The molecule has 0 unspecified atom stereocenters. The van der Waals surface area contributed by atoms with Crippen molar-refractivity contribution in [3.05, 3.63) is 41.6 Å². The van der Waals surface area contributed by atoms with Crippen LogP contribution < -0.4 is 4.74 Å². The number of benzene rings is 1. The van der Waals surface area contributed by atoms with Gasteiger partial charge in [-0.05, 0) is 17.7 Å². The lowest BCUT2D eigenvalue weighted by molar-refractivity contribution is 0.414. The van der Waals surface area contributed by atoms with E-state index in [1.54, 1.807) is 7.11 Å². The third-order valence-electron chi connectivity index (χ3n) is 2.53. The first kappa shape index (κ1) is 8.92. The molecule has 0 bridgehead atoms. The van der Waals surface area contributed by atoms with Crippen molar-refractivity contribution in [1.29, 1.82) is 0 Å². The monoisotopic (exact) mass is 187 g/mol. The molecule has 2 rings (SSSR count). The Morgan fingerprint density at radius 3 is 2.93 bits per heavy atom. The first-order chi connectivity index (χ1) is 6.76. The molecule has 1 aliphatic heterocycles. The number of hydrogen-bond acceptors (Lipinski definition) is 2. The minimum absolute atomic E-state index is 0.881. The van der Waals surface area contributed by atoms with Crippen LogP contribution in [0.25, 0.3) is 5.70 Å². The van der Waals surface area contributed by atoms with Crippen LogP contribution in [0, 0.1) is 0 Å². The van der Waals surface area contributed by atoms with E-state index in [1.807, 2.05) is 19.2 Å². The minimum Gasteiger partial charge on any atom is -0.497 e. The summed E-state index contributed by atoms with van der Waals surface area (Å²) in [5.41, 5.74) is 6.50. The number of hydrogen-bond donors (Lipinski definition) is 0. The maximum atomic E-state index is 5.19. The summed E-state index contributed by atoms with van der Waals surface area (Å²) in [4.78, 5) is 2.14. The van der Waals surface area contributed by atoms with Gasteiger partial charge in [-0.3, -0.25) is 0 Å². The van der Waals surface area contributed by atoms with Crippen LogP contribution in [-0.4, -0.2) is 19.1 Å². The smallest absolute Gasteiger partial charge is 0.119 e. The summed E-state index contributed by atoms with van der Waals surface area (Å²) in [6, 6.07) is 6.11. The Morgan fingerprint density at radius 2 is 2.29 bits per heavy atom. The topological polar surface area (TPSA) is 12.5 Å². The van der Waals surface area contributed by atoms with Crippen LogP contribution in [0.2, 0.25) is 0 Å². The molecule has 0 N–H and O–H groups in total. The summed E-state index contributed by atoms with van der Waals surface area (Å²) in [5.74, 6) is 0.881. The van der Waals surface area contributed by atoms with E-state index < -0.39 is 0 Å². The molecule has 0 amide bonds. The second-order valence-corrected chi connectivity index (χ2v) is 3.40. The second-order valence-electron chi connectivity index (χ2n) is 3.40. The Hall–Kier alpha value is -1.66. The zero-order valence-corrected chi connectivity index (χ0v) is 8.50. The van der Waals surface area contributed by atoms with E-state index in [0.717, 1.165) is 18.0 Å². The Morgan fingerprint density at radius 1 is 1.50 bits per heavy atom. The molecule has 0 saturated carbocycles. The first-order valence-electron chi connectivity index (χ1n) is 4.54. The van der Waals surface area contributed by atoms with Crippen molar-refractivity contribution in [2.75, 3.05) is 14.2 Å². The molecule has 1 aliphatic rings. The number of ether oxygens (including phenoxy) is 1. The predicted molar refractivity (Wildman–Crippen MR) is 57.0 cm³/mol. The van der Waals surface area contributed by atoms with Crippen LogP contribution in [-0.2, 0) is 6.54 Å². The highest BCUT2D eigenvalue weighted by Gasteiger charge is 2.20. The molecule has 1 heterocycles. The third-order valence-corrected chi connectivity index (χ3v) is 2.53. The zero-order chi connectivity index (χ0) is 10.1. The van der Waals surface area contributed by atoms with E-state index in [0.29, 0.717) is 0 Å². The predicted octanol–water partition coefficient (Wildman–Crippen LogP) is 2.27. The molecule has 0 aliphatic carbocycles. The van der Waals surface area contributed by atoms with Crippen LogP contribution in [0.5, 0.6) is 5.75 Å². The maximum Gasteiger partial charge on any atom is 0.119 e. The van der Waals surface area contributed by atoms with E-state index in [4.69, 9.17) is 4.74 Å². The van der Waals surface area contributed by atoms with Gasteiger partial charge in [0.1, 0.15) is 5.75 Å². The van der Waals surface area contributed by atoms with Crippen molar-refractivity contribution in [1.82, 2.24) is 4.90 Å². The van der Waals surface area contributed by atoms with Gasteiger partial charge in [-0.2, -0.15) is 0 Å². The number of nitrogens with zero attached hydrogens (tertiary/aromatic N) is 1. The zero-order valence-electron chi connectivity index (χ0n) is 8.50. The average Bonchev–Trinajstić information content (AvgIpc) is 2.52. The molecular weight excluding hydrogens is 174 g/mol. The quantitative estimate of drug-likeness (QED) is 0.625. The molecule has 2 heteroatoms. The van der Waals surface area contributed by atoms with E-state index >= 15 is 0 Å². The van der Waals surface area contributed by atoms with Crippen molar-refractivity contribution >= 4 is 5.70 Å². The van der Waals surface area contributed by atoms with Gasteiger partial charge < -0.3 is 9.64 Å². The Balaban J connectivity index is 2.56. The fourth-order valence-corrected chi connectivity index (χ4v) is 1.81. The summed E-state index contributed by atoms with van der Waals surface area (Å²) in [6.07, 6.45) is 0. The standard InChI is InChI=1S/C12H13NO/c1-4-12-11-7-10(14-3)6-5-9(11)8-13(12)2/h5-7H,1,8H2,2-3H3. The summed E-state index contributed by atoms with van der Waals surface area (Å²) in [6.45, 7) is 4.63. The van der Waals surface area contributed by atoms with E-state index in [2.05, 4.69) is 23.3 Å². The molecule has 72 valence electrons. The van der Waals surface area contributed by atoms with Gasteiger partial charge in [-0.15, -0.1) is 5.73 Å². The van der Waals surface area contributed by atoms with Crippen LogP contribution >= 0.6 is 0 Å². The highest BCUT2D eigenvalue weighted by molar-refractivity contribution is 5.71. The van der Waals surface area contributed by atoms with Gasteiger partial charge in [0.2, 0.25) is 0 Å². The van der Waals surface area contributed by atoms with Crippen LogP contribution in [0.3, 0.4) is 0 Å². The molecule has 1 aromatic carbocycles. The molecule has 2 nitrogen and oxygen atoms in total. The van der Waals surface area contributed by atoms with Gasteiger partial charge in [-0.1, -0.05) is 12.6 Å². The number of fused-ring (bicyclic) bond motifs is 1. The normalized spacial score (nSPS) is 13.9. The lowest BCUT2D eigenvalue weighted by atomic mass is 10.1. The second kappa shape index (κ2) is 3.24. The fraction of sp³-hybridized carbons (Fsp3) is 0.250.